The van der Waals surface area contributed by atoms with Gasteiger partial charge in [0.1, 0.15) is 17.1 Å². The first-order chi connectivity index (χ1) is 14.2. The minimum absolute atomic E-state index is 0.0167. The summed E-state index contributed by atoms with van der Waals surface area (Å²) < 4.78 is 11.2. The molecule has 0 amide bonds. The molecule has 1 saturated heterocycles. The van der Waals surface area contributed by atoms with Crippen molar-refractivity contribution in [2.24, 2.45) is 0 Å². The predicted octanol–water partition coefficient (Wildman–Crippen LogP) is 3.87. The molecular weight excluding hydrogens is 366 g/mol. The molecule has 2 aliphatic rings. The van der Waals surface area contributed by atoms with Crippen molar-refractivity contribution in [2.45, 2.75) is 31.6 Å². The lowest BCUT2D eigenvalue weighted by molar-refractivity contribution is -0.130. The van der Waals surface area contributed by atoms with E-state index in [0.717, 1.165) is 61.2 Å². The largest absolute Gasteiger partial charge is 0.464 e. The van der Waals surface area contributed by atoms with Crippen LogP contribution in [0.5, 0.6) is 0 Å². The number of ketones is 2. The number of hydrogen-bond donors (Lipinski definition) is 0. The molecule has 3 aromatic rings. The van der Waals surface area contributed by atoms with E-state index in [1.807, 2.05) is 6.07 Å². The Morgan fingerprint density at radius 3 is 2.76 bits per heavy atom. The third kappa shape index (κ3) is 3.61. The molecule has 0 radical (unpaired) electrons. The molecule has 0 bridgehead atoms. The molecule has 1 atom stereocenters. The second-order valence-corrected chi connectivity index (χ2v) is 8.16. The Labute approximate surface area is 169 Å². The maximum atomic E-state index is 12.5. The van der Waals surface area contributed by atoms with Crippen molar-refractivity contribution < 1.29 is 18.7 Å². The van der Waals surface area contributed by atoms with Gasteiger partial charge in [-0.3, -0.25) is 14.5 Å². The van der Waals surface area contributed by atoms with Gasteiger partial charge in [-0.2, -0.15) is 0 Å². The number of carbonyl (C=O) groups excluding carboxylic acids is 2. The molecule has 0 spiro atoms. The predicted molar refractivity (Wildman–Crippen MR) is 111 cm³/mol. The van der Waals surface area contributed by atoms with Gasteiger partial charge < -0.3 is 9.15 Å². The smallest absolute Gasteiger partial charge is 0.147 e. The number of Topliss-reactive ketones (excluding diaryl/α,β-unsaturated/α-hetero) is 2. The minimum atomic E-state index is -0.236. The molecule has 29 heavy (non-hydrogen) atoms. The number of carbonyl (C=O) groups is 2. The fourth-order valence-electron chi connectivity index (χ4n) is 4.67. The van der Waals surface area contributed by atoms with Gasteiger partial charge in [0.15, 0.2) is 0 Å². The number of nitrogens with zero attached hydrogens (tertiary/aromatic N) is 1. The zero-order chi connectivity index (χ0) is 19.8. The van der Waals surface area contributed by atoms with Gasteiger partial charge in [0.2, 0.25) is 0 Å². The molecule has 1 aromatic heterocycles. The standard InChI is InChI=1S/C24H25NO4/c26-18-3-5-20(22(27)14-18)21-15-29-23-6-2-17-13-16(1-4-19(17)24(21)23)7-8-25-9-11-28-12-10-25/h1-2,4,6,13,15,20H,3,5,7-12,14H2/t20-/m1/s1. The summed E-state index contributed by atoms with van der Waals surface area (Å²) in [4.78, 5) is 26.6. The monoisotopic (exact) mass is 391 g/mol. The van der Waals surface area contributed by atoms with Crippen molar-refractivity contribution in [3.63, 3.8) is 0 Å². The van der Waals surface area contributed by atoms with E-state index in [9.17, 15) is 9.59 Å². The van der Waals surface area contributed by atoms with E-state index in [2.05, 4.69) is 29.2 Å². The Bertz CT molecular complexity index is 1080. The Hall–Kier alpha value is -2.50. The zero-order valence-electron chi connectivity index (χ0n) is 16.5. The molecule has 5 nitrogen and oxygen atoms in total. The second-order valence-electron chi connectivity index (χ2n) is 8.16. The van der Waals surface area contributed by atoms with Gasteiger partial charge in [-0.1, -0.05) is 24.3 Å². The maximum Gasteiger partial charge on any atom is 0.147 e. The zero-order valence-corrected chi connectivity index (χ0v) is 16.5. The van der Waals surface area contributed by atoms with Crippen molar-refractivity contribution in [3.05, 3.63) is 47.7 Å². The molecule has 0 unspecified atom stereocenters. The summed E-state index contributed by atoms with van der Waals surface area (Å²) in [6.07, 6.45) is 3.83. The number of morpholine rings is 1. The van der Waals surface area contributed by atoms with E-state index >= 15 is 0 Å². The molecule has 1 aliphatic heterocycles. The lowest BCUT2D eigenvalue weighted by Crippen LogP contribution is -2.37. The first-order valence-electron chi connectivity index (χ1n) is 10.5. The third-order valence-electron chi connectivity index (χ3n) is 6.32. The Morgan fingerprint density at radius 1 is 1.07 bits per heavy atom. The summed E-state index contributed by atoms with van der Waals surface area (Å²) >= 11 is 0. The molecular formula is C24H25NO4. The van der Waals surface area contributed by atoms with Crippen LogP contribution in [-0.4, -0.2) is 49.3 Å². The average molecular weight is 391 g/mol. The fourth-order valence-corrected chi connectivity index (χ4v) is 4.67. The average Bonchev–Trinajstić information content (AvgIpc) is 3.17. The maximum absolute atomic E-state index is 12.5. The van der Waals surface area contributed by atoms with E-state index in [4.69, 9.17) is 9.15 Å². The highest BCUT2D eigenvalue weighted by atomic mass is 16.5. The molecule has 1 aliphatic carbocycles. The van der Waals surface area contributed by atoms with Crippen molar-refractivity contribution in [1.82, 2.24) is 4.90 Å². The van der Waals surface area contributed by atoms with Crippen LogP contribution in [-0.2, 0) is 20.7 Å². The summed E-state index contributed by atoms with van der Waals surface area (Å²) in [7, 11) is 0. The SMILES string of the molecule is O=C1CC[C@H](c2coc3ccc4cc(CCN5CCOCC5)ccc4c23)C(=O)C1. The van der Waals surface area contributed by atoms with E-state index < -0.39 is 0 Å². The molecule has 0 N–H and O–H groups in total. The number of benzene rings is 2. The lowest BCUT2D eigenvalue weighted by Gasteiger charge is -2.26. The van der Waals surface area contributed by atoms with Crippen LogP contribution in [0.1, 0.15) is 36.3 Å². The van der Waals surface area contributed by atoms with Gasteiger partial charge in [0.05, 0.1) is 25.9 Å². The first kappa shape index (κ1) is 18.5. The van der Waals surface area contributed by atoms with Gasteiger partial charge in [-0.15, -0.1) is 0 Å². The molecule has 2 aromatic carbocycles. The summed E-state index contributed by atoms with van der Waals surface area (Å²) in [6, 6.07) is 10.7. The lowest BCUT2D eigenvalue weighted by atomic mass is 9.81. The summed E-state index contributed by atoms with van der Waals surface area (Å²) in [5.74, 6) is -0.169. The van der Waals surface area contributed by atoms with Crippen molar-refractivity contribution in [3.8, 4) is 0 Å². The fraction of sp³-hybridized carbons (Fsp3) is 0.417. The molecule has 1 saturated carbocycles. The van der Waals surface area contributed by atoms with Crippen LogP contribution in [0.15, 0.2) is 41.0 Å². The summed E-state index contributed by atoms with van der Waals surface area (Å²) in [6.45, 7) is 4.70. The van der Waals surface area contributed by atoms with Gasteiger partial charge in [0, 0.05) is 42.9 Å². The number of rotatable bonds is 4. The second kappa shape index (κ2) is 7.73. The normalized spacial score (nSPS) is 21.3. The van der Waals surface area contributed by atoms with Crippen LogP contribution in [0.3, 0.4) is 0 Å². The highest BCUT2D eigenvalue weighted by Gasteiger charge is 2.31. The van der Waals surface area contributed by atoms with Crippen LogP contribution in [0.4, 0.5) is 0 Å². The van der Waals surface area contributed by atoms with Crippen molar-refractivity contribution in [2.75, 3.05) is 32.8 Å². The van der Waals surface area contributed by atoms with E-state index in [0.29, 0.717) is 12.8 Å². The van der Waals surface area contributed by atoms with Crippen molar-refractivity contribution >= 4 is 33.3 Å². The third-order valence-corrected chi connectivity index (χ3v) is 6.32. The Balaban J connectivity index is 1.45. The molecule has 2 heterocycles. The molecule has 2 fully saturated rings. The van der Waals surface area contributed by atoms with Gasteiger partial charge in [-0.25, -0.2) is 0 Å². The van der Waals surface area contributed by atoms with E-state index in [-0.39, 0.29) is 23.9 Å². The van der Waals surface area contributed by atoms with Gasteiger partial charge in [-0.05, 0) is 35.2 Å². The minimum Gasteiger partial charge on any atom is -0.464 e. The summed E-state index contributed by atoms with van der Waals surface area (Å²) in [5.41, 5.74) is 3.05. The van der Waals surface area contributed by atoms with Gasteiger partial charge in [0.25, 0.3) is 0 Å². The van der Waals surface area contributed by atoms with Crippen molar-refractivity contribution in [1.29, 1.82) is 0 Å². The highest BCUT2D eigenvalue weighted by molar-refractivity contribution is 6.11. The topological polar surface area (TPSA) is 59.8 Å². The number of furan rings is 1. The van der Waals surface area contributed by atoms with E-state index in [1.54, 1.807) is 6.26 Å². The van der Waals surface area contributed by atoms with Crippen LogP contribution in [0.2, 0.25) is 0 Å². The Kier molecular flexibility index (Phi) is 4.94. The molecule has 150 valence electrons. The number of hydrogen-bond acceptors (Lipinski definition) is 5. The molecule has 5 rings (SSSR count). The van der Waals surface area contributed by atoms with Crippen LogP contribution >= 0.6 is 0 Å². The number of fused-ring (bicyclic) bond motifs is 3. The van der Waals surface area contributed by atoms with Crippen LogP contribution in [0, 0.1) is 0 Å². The van der Waals surface area contributed by atoms with Crippen LogP contribution in [0.25, 0.3) is 21.7 Å². The summed E-state index contributed by atoms with van der Waals surface area (Å²) in [5, 5.41) is 3.31. The molecule has 5 heteroatoms. The Morgan fingerprint density at radius 2 is 1.93 bits per heavy atom. The first-order valence-corrected chi connectivity index (χ1v) is 10.5. The van der Waals surface area contributed by atoms with E-state index in [1.165, 1.54) is 10.9 Å². The highest BCUT2D eigenvalue weighted by Crippen LogP contribution is 2.38. The number of ether oxygens (including phenoxy) is 1. The van der Waals surface area contributed by atoms with Crippen LogP contribution < -0.4 is 0 Å². The van der Waals surface area contributed by atoms with Gasteiger partial charge >= 0.3 is 0 Å². The quantitative estimate of drug-likeness (QED) is 0.632.